The Bertz CT molecular complexity index is 966. The Labute approximate surface area is 153 Å². The minimum absolute atomic E-state index is 0.129. The van der Waals surface area contributed by atoms with Crippen molar-refractivity contribution in [2.45, 2.75) is 26.3 Å². The first kappa shape index (κ1) is 18.1. The van der Waals surface area contributed by atoms with Crippen molar-refractivity contribution in [2.75, 3.05) is 11.0 Å². The highest BCUT2D eigenvalue weighted by atomic mass is 32.2. The number of amides is 1. The maximum Gasteiger partial charge on any atom is 0.240 e. The van der Waals surface area contributed by atoms with Crippen LogP contribution in [0, 0.1) is 6.92 Å². The van der Waals surface area contributed by atoms with Gasteiger partial charge in [0.25, 0.3) is 0 Å². The van der Waals surface area contributed by atoms with Crippen molar-refractivity contribution in [3.8, 4) is 0 Å². The molecule has 0 spiro atoms. The summed E-state index contributed by atoms with van der Waals surface area (Å²) in [6.07, 6.45) is 1.68. The normalized spacial score (nSPS) is 17.1. The molecule has 0 fully saturated rings. The van der Waals surface area contributed by atoms with E-state index in [-0.39, 0.29) is 11.9 Å². The number of hydrogen-bond donors (Lipinski definition) is 1. The van der Waals surface area contributed by atoms with Gasteiger partial charge in [-0.1, -0.05) is 42.0 Å². The van der Waals surface area contributed by atoms with E-state index in [2.05, 4.69) is 9.82 Å². The molecule has 0 saturated heterocycles. The first-order valence-corrected chi connectivity index (χ1v) is 10.1. The van der Waals surface area contributed by atoms with Gasteiger partial charge in [-0.15, -0.1) is 0 Å². The topological polar surface area (TPSA) is 78.8 Å². The number of rotatable bonds is 4. The quantitative estimate of drug-likeness (QED) is 0.897. The fourth-order valence-electron chi connectivity index (χ4n) is 3.00. The lowest BCUT2D eigenvalue weighted by molar-refractivity contribution is -0.130. The van der Waals surface area contributed by atoms with Gasteiger partial charge in [0, 0.05) is 19.0 Å². The van der Waals surface area contributed by atoms with Gasteiger partial charge in [-0.3, -0.25) is 9.52 Å². The minimum atomic E-state index is -3.35. The molecule has 2 aromatic carbocycles. The van der Waals surface area contributed by atoms with Crippen LogP contribution in [-0.4, -0.2) is 31.3 Å². The van der Waals surface area contributed by atoms with Crippen molar-refractivity contribution in [1.82, 2.24) is 5.01 Å². The van der Waals surface area contributed by atoms with E-state index in [1.807, 2.05) is 37.3 Å². The number of nitrogens with zero attached hydrogens (tertiary/aromatic N) is 2. The van der Waals surface area contributed by atoms with Crippen LogP contribution in [-0.2, 0) is 14.8 Å². The Morgan fingerprint density at radius 1 is 1.19 bits per heavy atom. The third-order valence-corrected chi connectivity index (χ3v) is 4.80. The number of carbonyl (C=O) groups excluding carboxylic acids is 1. The Kier molecular flexibility index (Phi) is 4.82. The summed E-state index contributed by atoms with van der Waals surface area (Å²) in [5.74, 6) is -0.129. The molecule has 26 heavy (non-hydrogen) atoms. The number of sulfonamides is 1. The molecule has 1 heterocycles. The first-order chi connectivity index (χ1) is 12.2. The number of hydrogen-bond acceptors (Lipinski definition) is 4. The third kappa shape index (κ3) is 4.11. The maximum atomic E-state index is 12.1. The number of hydrazone groups is 1. The molecular weight excluding hydrogens is 350 g/mol. The van der Waals surface area contributed by atoms with Crippen molar-refractivity contribution in [2.24, 2.45) is 5.10 Å². The standard InChI is InChI=1S/C19H21N3O3S/c1-13-7-9-15(10-8-13)19-12-18(20-22(19)14(2)23)16-5-4-6-17(11-16)21-26(3,24)25/h4-11,19,21H,12H2,1-3H3/t19-/m1/s1. The van der Waals surface area contributed by atoms with Crippen molar-refractivity contribution >= 4 is 27.3 Å². The Morgan fingerprint density at radius 2 is 1.88 bits per heavy atom. The van der Waals surface area contributed by atoms with Crippen LogP contribution in [0.4, 0.5) is 5.69 Å². The smallest absolute Gasteiger partial charge is 0.240 e. The number of anilines is 1. The second-order valence-corrected chi connectivity index (χ2v) is 8.24. The summed E-state index contributed by atoms with van der Waals surface area (Å²) in [6.45, 7) is 3.51. The van der Waals surface area contributed by atoms with Gasteiger partial charge < -0.3 is 0 Å². The fourth-order valence-corrected chi connectivity index (χ4v) is 3.55. The molecule has 3 rings (SSSR count). The molecule has 1 N–H and O–H groups in total. The maximum absolute atomic E-state index is 12.1. The summed E-state index contributed by atoms with van der Waals surface area (Å²) in [5.41, 5.74) is 4.19. The van der Waals surface area contributed by atoms with Crippen LogP contribution in [0.15, 0.2) is 53.6 Å². The minimum Gasteiger partial charge on any atom is -0.284 e. The van der Waals surface area contributed by atoms with Crippen LogP contribution in [0.5, 0.6) is 0 Å². The van der Waals surface area contributed by atoms with E-state index in [0.717, 1.165) is 28.7 Å². The summed E-state index contributed by atoms with van der Waals surface area (Å²) in [6, 6.07) is 14.9. The number of aryl methyl sites for hydroxylation is 1. The number of carbonyl (C=O) groups is 1. The molecule has 1 amide bonds. The monoisotopic (exact) mass is 371 g/mol. The summed E-state index contributed by atoms with van der Waals surface area (Å²) in [4.78, 5) is 12.1. The fraction of sp³-hybridized carbons (Fsp3) is 0.263. The Balaban J connectivity index is 1.91. The average Bonchev–Trinajstić information content (AvgIpc) is 3.00. The van der Waals surface area contributed by atoms with E-state index in [0.29, 0.717) is 12.1 Å². The van der Waals surface area contributed by atoms with Crippen LogP contribution in [0.2, 0.25) is 0 Å². The molecular formula is C19H21N3O3S. The second kappa shape index (κ2) is 6.92. The molecule has 0 bridgehead atoms. The van der Waals surface area contributed by atoms with Crippen LogP contribution in [0.1, 0.15) is 36.1 Å². The average molecular weight is 371 g/mol. The van der Waals surface area contributed by atoms with Gasteiger partial charge in [-0.2, -0.15) is 5.10 Å². The molecule has 0 unspecified atom stereocenters. The second-order valence-electron chi connectivity index (χ2n) is 6.50. The van der Waals surface area contributed by atoms with Crippen molar-refractivity contribution in [3.05, 3.63) is 65.2 Å². The third-order valence-electron chi connectivity index (χ3n) is 4.19. The predicted molar refractivity (Wildman–Crippen MR) is 103 cm³/mol. The van der Waals surface area contributed by atoms with E-state index in [1.165, 1.54) is 11.9 Å². The molecule has 2 aromatic rings. The molecule has 7 heteroatoms. The van der Waals surface area contributed by atoms with Gasteiger partial charge in [0.1, 0.15) is 0 Å². The molecule has 0 saturated carbocycles. The van der Waals surface area contributed by atoms with Gasteiger partial charge in [0.05, 0.1) is 18.0 Å². The zero-order valence-corrected chi connectivity index (χ0v) is 15.7. The van der Waals surface area contributed by atoms with Crippen molar-refractivity contribution < 1.29 is 13.2 Å². The highest BCUT2D eigenvalue weighted by Gasteiger charge is 2.31. The van der Waals surface area contributed by atoms with E-state index in [4.69, 9.17) is 0 Å². The van der Waals surface area contributed by atoms with Crippen LogP contribution >= 0.6 is 0 Å². The summed E-state index contributed by atoms with van der Waals surface area (Å²) < 4.78 is 25.4. The Hall–Kier alpha value is -2.67. The van der Waals surface area contributed by atoms with E-state index >= 15 is 0 Å². The van der Waals surface area contributed by atoms with Crippen molar-refractivity contribution in [1.29, 1.82) is 0 Å². The molecule has 6 nitrogen and oxygen atoms in total. The molecule has 1 aliphatic heterocycles. The lowest BCUT2D eigenvalue weighted by Gasteiger charge is -2.20. The lowest BCUT2D eigenvalue weighted by atomic mass is 9.97. The van der Waals surface area contributed by atoms with Gasteiger partial charge in [-0.05, 0) is 30.2 Å². The summed E-state index contributed by atoms with van der Waals surface area (Å²) in [7, 11) is -3.35. The summed E-state index contributed by atoms with van der Waals surface area (Å²) in [5, 5.41) is 6.00. The highest BCUT2D eigenvalue weighted by Crippen LogP contribution is 2.33. The molecule has 0 aliphatic carbocycles. The zero-order chi connectivity index (χ0) is 18.9. The number of benzene rings is 2. The molecule has 1 aliphatic rings. The zero-order valence-electron chi connectivity index (χ0n) is 14.9. The van der Waals surface area contributed by atoms with E-state index in [9.17, 15) is 13.2 Å². The summed E-state index contributed by atoms with van der Waals surface area (Å²) >= 11 is 0. The largest absolute Gasteiger partial charge is 0.284 e. The van der Waals surface area contributed by atoms with Crippen LogP contribution in [0.25, 0.3) is 0 Å². The van der Waals surface area contributed by atoms with E-state index in [1.54, 1.807) is 18.2 Å². The van der Waals surface area contributed by atoms with Crippen molar-refractivity contribution in [3.63, 3.8) is 0 Å². The predicted octanol–water partition coefficient (Wildman–Crippen LogP) is 3.06. The first-order valence-electron chi connectivity index (χ1n) is 8.25. The van der Waals surface area contributed by atoms with Crippen LogP contribution < -0.4 is 4.72 Å². The molecule has 1 atom stereocenters. The van der Waals surface area contributed by atoms with E-state index < -0.39 is 10.0 Å². The van der Waals surface area contributed by atoms with Gasteiger partial charge in [0.15, 0.2) is 0 Å². The van der Waals surface area contributed by atoms with Gasteiger partial charge >= 0.3 is 0 Å². The molecule has 0 aromatic heterocycles. The van der Waals surface area contributed by atoms with Gasteiger partial charge in [0.2, 0.25) is 15.9 Å². The SMILES string of the molecule is CC(=O)N1N=C(c2cccc(NS(C)(=O)=O)c2)C[C@@H]1c1ccc(C)cc1. The molecule has 136 valence electrons. The lowest BCUT2D eigenvalue weighted by Crippen LogP contribution is -2.24. The van der Waals surface area contributed by atoms with Crippen LogP contribution in [0.3, 0.4) is 0 Å². The molecule has 0 radical (unpaired) electrons. The van der Waals surface area contributed by atoms with Gasteiger partial charge in [-0.25, -0.2) is 13.4 Å². The number of nitrogens with one attached hydrogen (secondary N) is 1. The Morgan fingerprint density at radius 3 is 2.50 bits per heavy atom. The highest BCUT2D eigenvalue weighted by molar-refractivity contribution is 7.92.